The quantitative estimate of drug-likeness (QED) is 0.723. The predicted molar refractivity (Wildman–Crippen MR) is 84.2 cm³/mol. The highest BCUT2D eigenvalue weighted by molar-refractivity contribution is 5.27. The Hall–Kier alpha value is -2.66. The first kappa shape index (κ1) is 15.2. The molecule has 2 aromatic carbocycles. The van der Waals surface area contributed by atoms with Crippen LogP contribution in [-0.4, -0.2) is 4.98 Å². The van der Waals surface area contributed by atoms with Gasteiger partial charge in [0.1, 0.15) is 23.9 Å². The van der Waals surface area contributed by atoms with Crippen LogP contribution in [0.3, 0.4) is 0 Å². The van der Waals surface area contributed by atoms with Crippen LogP contribution in [-0.2, 0) is 19.7 Å². The smallest absolute Gasteiger partial charge is 0.180 e. The molecule has 0 bridgehead atoms. The van der Waals surface area contributed by atoms with Crippen molar-refractivity contribution in [1.82, 2.24) is 10.3 Å². The number of ether oxygens (including phenoxy) is 1. The Balaban J connectivity index is 1.47. The molecule has 0 radical (unpaired) electrons. The lowest BCUT2D eigenvalue weighted by atomic mass is 10.2. The minimum atomic E-state index is -0.251. The topological polar surface area (TPSA) is 47.3 Å². The molecule has 118 valence electrons. The maximum atomic E-state index is 13.1. The molecule has 1 N–H and O–H groups in total. The van der Waals surface area contributed by atoms with Gasteiger partial charge >= 0.3 is 0 Å². The highest BCUT2D eigenvalue weighted by atomic mass is 19.1. The van der Waals surface area contributed by atoms with Crippen LogP contribution in [0.5, 0.6) is 5.75 Å². The molecular formula is C18H17FN2O2. The van der Waals surface area contributed by atoms with Crippen LogP contribution in [0.4, 0.5) is 4.39 Å². The fraction of sp³-hybridized carbons (Fsp3) is 0.167. The van der Waals surface area contributed by atoms with E-state index in [2.05, 4.69) is 10.3 Å². The summed E-state index contributed by atoms with van der Waals surface area (Å²) < 4.78 is 23.9. The summed E-state index contributed by atoms with van der Waals surface area (Å²) in [5.74, 6) is 1.31. The first-order valence-corrected chi connectivity index (χ1v) is 7.34. The molecule has 0 fully saturated rings. The molecule has 0 saturated carbocycles. The van der Waals surface area contributed by atoms with Gasteiger partial charge in [-0.2, -0.15) is 0 Å². The Morgan fingerprint density at radius 2 is 1.91 bits per heavy atom. The number of halogens is 1. The average Bonchev–Trinajstić information content (AvgIpc) is 3.08. The molecule has 0 unspecified atom stereocenters. The number of hydrogen-bond donors (Lipinski definition) is 1. The maximum Gasteiger partial charge on any atom is 0.180 e. The van der Waals surface area contributed by atoms with E-state index in [-0.39, 0.29) is 5.82 Å². The van der Waals surface area contributed by atoms with Crippen LogP contribution < -0.4 is 10.1 Å². The van der Waals surface area contributed by atoms with Crippen molar-refractivity contribution in [3.63, 3.8) is 0 Å². The second-order valence-electron chi connectivity index (χ2n) is 5.13. The second-order valence-corrected chi connectivity index (χ2v) is 5.13. The van der Waals surface area contributed by atoms with Gasteiger partial charge in [0, 0.05) is 6.54 Å². The second kappa shape index (κ2) is 7.56. The molecule has 0 amide bonds. The van der Waals surface area contributed by atoms with E-state index in [1.54, 1.807) is 12.3 Å². The Kier molecular flexibility index (Phi) is 5.01. The van der Waals surface area contributed by atoms with Gasteiger partial charge in [0.2, 0.25) is 0 Å². The van der Waals surface area contributed by atoms with E-state index in [4.69, 9.17) is 9.15 Å². The summed E-state index contributed by atoms with van der Waals surface area (Å²) in [5.41, 5.74) is 1.95. The first-order valence-electron chi connectivity index (χ1n) is 7.34. The molecular weight excluding hydrogens is 295 g/mol. The van der Waals surface area contributed by atoms with Crippen molar-refractivity contribution in [3.8, 4) is 5.75 Å². The van der Waals surface area contributed by atoms with Crippen molar-refractivity contribution in [1.29, 1.82) is 0 Å². The van der Waals surface area contributed by atoms with Gasteiger partial charge in [-0.1, -0.05) is 24.3 Å². The molecule has 1 heterocycles. The zero-order chi connectivity index (χ0) is 15.9. The van der Waals surface area contributed by atoms with E-state index in [1.165, 1.54) is 18.5 Å². The molecule has 0 aliphatic heterocycles. The molecule has 1 aromatic heterocycles. The lowest BCUT2D eigenvalue weighted by Gasteiger charge is -2.08. The molecule has 0 saturated heterocycles. The molecule has 0 atom stereocenters. The van der Waals surface area contributed by atoms with Gasteiger partial charge in [0.05, 0.1) is 12.7 Å². The third-order valence-corrected chi connectivity index (χ3v) is 3.33. The van der Waals surface area contributed by atoms with Crippen molar-refractivity contribution in [2.24, 2.45) is 0 Å². The van der Waals surface area contributed by atoms with E-state index in [9.17, 15) is 4.39 Å². The van der Waals surface area contributed by atoms with E-state index >= 15 is 0 Å². The summed E-state index contributed by atoms with van der Waals surface area (Å²) in [6.07, 6.45) is 3.11. The fourth-order valence-corrected chi connectivity index (χ4v) is 2.16. The Morgan fingerprint density at radius 1 is 1.04 bits per heavy atom. The summed E-state index contributed by atoms with van der Waals surface area (Å²) in [5, 5.41) is 3.27. The zero-order valence-electron chi connectivity index (χ0n) is 12.5. The maximum absolute atomic E-state index is 13.1. The average molecular weight is 312 g/mol. The number of benzene rings is 2. The number of oxazole rings is 1. The minimum Gasteiger partial charge on any atom is -0.489 e. The summed E-state index contributed by atoms with van der Waals surface area (Å²) in [4.78, 5) is 3.86. The normalized spacial score (nSPS) is 10.7. The molecule has 3 rings (SSSR count). The largest absolute Gasteiger partial charge is 0.489 e. The Morgan fingerprint density at radius 3 is 2.65 bits per heavy atom. The lowest BCUT2D eigenvalue weighted by Crippen LogP contribution is -2.12. The minimum absolute atomic E-state index is 0.251. The van der Waals surface area contributed by atoms with Crippen LogP contribution in [0.2, 0.25) is 0 Å². The predicted octanol–water partition coefficient (Wildman–Crippen LogP) is 3.68. The van der Waals surface area contributed by atoms with E-state index in [0.29, 0.717) is 13.2 Å². The Labute approximate surface area is 133 Å². The monoisotopic (exact) mass is 312 g/mol. The summed E-state index contributed by atoms with van der Waals surface area (Å²) >= 11 is 0. The molecule has 0 spiro atoms. The lowest BCUT2D eigenvalue weighted by molar-refractivity contribution is 0.305. The van der Waals surface area contributed by atoms with E-state index in [1.807, 2.05) is 30.3 Å². The first-order chi connectivity index (χ1) is 11.3. The van der Waals surface area contributed by atoms with Gasteiger partial charge in [0.15, 0.2) is 6.39 Å². The number of rotatable bonds is 7. The van der Waals surface area contributed by atoms with Gasteiger partial charge < -0.3 is 14.5 Å². The molecule has 4 nitrogen and oxygen atoms in total. The number of nitrogens with one attached hydrogen (secondary N) is 1. The van der Waals surface area contributed by atoms with Crippen LogP contribution in [0.15, 0.2) is 65.5 Å². The van der Waals surface area contributed by atoms with Crippen LogP contribution in [0.25, 0.3) is 0 Å². The van der Waals surface area contributed by atoms with Gasteiger partial charge in [-0.05, 0) is 35.4 Å². The molecule has 0 aliphatic rings. The van der Waals surface area contributed by atoms with Crippen molar-refractivity contribution in [2.75, 3.05) is 0 Å². The number of aromatic nitrogens is 1. The standard InChI is InChI=1S/C18H17FN2O2/c19-16-3-1-2-15(8-16)12-22-17-6-4-14(5-7-17)9-20-10-18-11-21-13-23-18/h1-8,11,13,20H,9-10,12H2. The third kappa shape index (κ3) is 4.66. The van der Waals surface area contributed by atoms with Crippen LogP contribution in [0.1, 0.15) is 16.9 Å². The zero-order valence-corrected chi connectivity index (χ0v) is 12.5. The molecule has 23 heavy (non-hydrogen) atoms. The highest BCUT2D eigenvalue weighted by Gasteiger charge is 2.00. The highest BCUT2D eigenvalue weighted by Crippen LogP contribution is 2.15. The van der Waals surface area contributed by atoms with Crippen molar-refractivity contribution in [2.45, 2.75) is 19.7 Å². The molecule has 3 aromatic rings. The van der Waals surface area contributed by atoms with Gasteiger partial charge in [-0.15, -0.1) is 0 Å². The summed E-state index contributed by atoms with van der Waals surface area (Å²) in [6, 6.07) is 14.2. The van der Waals surface area contributed by atoms with E-state index in [0.717, 1.165) is 29.2 Å². The van der Waals surface area contributed by atoms with E-state index < -0.39 is 0 Å². The van der Waals surface area contributed by atoms with Crippen molar-refractivity contribution >= 4 is 0 Å². The number of nitrogens with zero attached hydrogens (tertiary/aromatic N) is 1. The van der Waals surface area contributed by atoms with Crippen LogP contribution >= 0.6 is 0 Å². The summed E-state index contributed by atoms with van der Waals surface area (Å²) in [7, 11) is 0. The van der Waals surface area contributed by atoms with Crippen molar-refractivity contribution in [3.05, 3.63) is 83.8 Å². The van der Waals surface area contributed by atoms with Gasteiger partial charge in [-0.25, -0.2) is 9.37 Å². The van der Waals surface area contributed by atoms with Gasteiger partial charge in [-0.3, -0.25) is 0 Å². The Bertz CT molecular complexity index is 727. The fourth-order valence-electron chi connectivity index (χ4n) is 2.16. The third-order valence-electron chi connectivity index (χ3n) is 3.33. The molecule has 0 aliphatic carbocycles. The van der Waals surface area contributed by atoms with Crippen LogP contribution in [0, 0.1) is 5.82 Å². The van der Waals surface area contributed by atoms with Gasteiger partial charge in [0.25, 0.3) is 0 Å². The molecule has 5 heteroatoms. The van der Waals surface area contributed by atoms with Crippen molar-refractivity contribution < 1.29 is 13.5 Å². The SMILES string of the molecule is Fc1cccc(COc2ccc(CNCc3cnco3)cc2)c1. The number of hydrogen-bond acceptors (Lipinski definition) is 4. The summed E-state index contributed by atoms with van der Waals surface area (Å²) in [6.45, 7) is 1.71.